The van der Waals surface area contributed by atoms with Crippen LogP contribution in [0, 0.1) is 5.82 Å². The van der Waals surface area contributed by atoms with Gasteiger partial charge in [-0.25, -0.2) is 14.2 Å². The second-order valence-electron chi connectivity index (χ2n) is 4.30. The molecule has 0 aromatic heterocycles. The van der Waals surface area contributed by atoms with Gasteiger partial charge in [0.15, 0.2) is 11.6 Å². The number of rotatable bonds is 3. The largest absolute Gasteiger partial charge is 0.454 e. The van der Waals surface area contributed by atoms with Gasteiger partial charge in [-0.15, -0.1) is 0 Å². The van der Waals surface area contributed by atoms with E-state index in [1.807, 2.05) is 18.2 Å². The molecule has 0 spiro atoms. The van der Waals surface area contributed by atoms with Crippen LogP contribution in [-0.2, 0) is 9.78 Å². The molecule has 1 unspecified atom stereocenters. The normalized spacial score (nSPS) is 18.5. The van der Waals surface area contributed by atoms with Gasteiger partial charge in [0, 0.05) is 6.42 Å². The standard InChI is InChI=1S/C15H13FO3/c16-13-7-6-11(14-8-9-17-19-14)10-15(13)18-12-4-2-1-3-5-12/h1-7,10,14H,8-9H2. The number of benzene rings is 2. The molecule has 1 fully saturated rings. The highest BCUT2D eigenvalue weighted by atomic mass is 19.1. The lowest BCUT2D eigenvalue weighted by Crippen LogP contribution is -1.97. The van der Waals surface area contributed by atoms with Crippen LogP contribution < -0.4 is 4.74 Å². The van der Waals surface area contributed by atoms with Gasteiger partial charge >= 0.3 is 0 Å². The van der Waals surface area contributed by atoms with Crippen LogP contribution in [0.5, 0.6) is 11.5 Å². The van der Waals surface area contributed by atoms with E-state index in [4.69, 9.17) is 14.5 Å². The van der Waals surface area contributed by atoms with Gasteiger partial charge in [-0.05, 0) is 29.8 Å². The maximum absolute atomic E-state index is 13.7. The van der Waals surface area contributed by atoms with E-state index >= 15 is 0 Å². The molecule has 0 bridgehead atoms. The second-order valence-corrected chi connectivity index (χ2v) is 4.30. The topological polar surface area (TPSA) is 27.7 Å². The van der Waals surface area contributed by atoms with Crippen molar-refractivity contribution >= 4 is 0 Å². The first-order valence-corrected chi connectivity index (χ1v) is 6.13. The minimum absolute atomic E-state index is 0.154. The van der Waals surface area contributed by atoms with Gasteiger partial charge in [-0.1, -0.05) is 24.3 Å². The molecule has 0 aliphatic carbocycles. The Morgan fingerprint density at radius 2 is 1.95 bits per heavy atom. The second kappa shape index (κ2) is 5.38. The van der Waals surface area contributed by atoms with Crippen molar-refractivity contribution in [3.8, 4) is 11.5 Å². The molecule has 1 aliphatic rings. The molecule has 98 valence electrons. The van der Waals surface area contributed by atoms with E-state index in [9.17, 15) is 4.39 Å². The predicted octanol–water partition coefficient (Wildman–Crippen LogP) is 4.01. The maximum Gasteiger partial charge on any atom is 0.165 e. The fourth-order valence-electron chi connectivity index (χ4n) is 1.97. The summed E-state index contributed by atoms with van der Waals surface area (Å²) in [7, 11) is 0. The summed E-state index contributed by atoms with van der Waals surface area (Å²) < 4.78 is 19.3. The smallest absolute Gasteiger partial charge is 0.165 e. The summed E-state index contributed by atoms with van der Waals surface area (Å²) in [5, 5.41) is 0. The average Bonchev–Trinajstić information content (AvgIpc) is 2.96. The highest BCUT2D eigenvalue weighted by Crippen LogP contribution is 2.32. The van der Waals surface area contributed by atoms with Gasteiger partial charge in [0.2, 0.25) is 0 Å². The number of hydrogen-bond donors (Lipinski definition) is 0. The van der Waals surface area contributed by atoms with Crippen molar-refractivity contribution in [1.82, 2.24) is 0 Å². The van der Waals surface area contributed by atoms with Crippen LogP contribution in [0.25, 0.3) is 0 Å². The molecular formula is C15H13FO3. The van der Waals surface area contributed by atoms with E-state index in [1.54, 1.807) is 24.3 Å². The lowest BCUT2D eigenvalue weighted by Gasteiger charge is -2.11. The van der Waals surface area contributed by atoms with Crippen molar-refractivity contribution in [3.63, 3.8) is 0 Å². The highest BCUT2D eigenvalue weighted by molar-refractivity contribution is 5.36. The summed E-state index contributed by atoms with van der Waals surface area (Å²) in [6.07, 6.45) is 0.606. The first-order valence-electron chi connectivity index (χ1n) is 6.13. The van der Waals surface area contributed by atoms with Gasteiger partial charge in [0.25, 0.3) is 0 Å². The monoisotopic (exact) mass is 260 g/mol. The average molecular weight is 260 g/mol. The van der Waals surface area contributed by atoms with Gasteiger partial charge in [-0.2, -0.15) is 0 Å². The van der Waals surface area contributed by atoms with Crippen molar-refractivity contribution in [1.29, 1.82) is 0 Å². The third kappa shape index (κ3) is 2.75. The van der Waals surface area contributed by atoms with Crippen molar-refractivity contribution < 1.29 is 18.9 Å². The van der Waals surface area contributed by atoms with Crippen LogP contribution in [0.2, 0.25) is 0 Å². The Hall–Kier alpha value is -1.91. The Morgan fingerprint density at radius 3 is 2.68 bits per heavy atom. The minimum atomic E-state index is -0.397. The lowest BCUT2D eigenvalue weighted by molar-refractivity contribution is -0.276. The van der Waals surface area contributed by atoms with Crippen molar-refractivity contribution in [3.05, 3.63) is 59.9 Å². The van der Waals surface area contributed by atoms with Gasteiger partial charge in [0.05, 0.1) is 6.61 Å². The highest BCUT2D eigenvalue weighted by Gasteiger charge is 2.21. The molecule has 1 saturated heterocycles. The molecule has 0 saturated carbocycles. The van der Waals surface area contributed by atoms with E-state index in [2.05, 4.69) is 0 Å². The summed E-state index contributed by atoms with van der Waals surface area (Å²) in [5.74, 6) is 0.396. The molecule has 4 heteroatoms. The summed E-state index contributed by atoms with van der Waals surface area (Å²) in [4.78, 5) is 9.97. The number of hydrogen-bond acceptors (Lipinski definition) is 3. The zero-order valence-corrected chi connectivity index (χ0v) is 10.2. The first kappa shape index (κ1) is 12.1. The maximum atomic E-state index is 13.7. The number of para-hydroxylation sites is 1. The van der Waals surface area contributed by atoms with Crippen LogP contribution in [0.15, 0.2) is 48.5 Å². The molecule has 1 aliphatic heterocycles. The summed E-state index contributed by atoms with van der Waals surface area (Å²) in [5.41, 5.74) is 0.852. The molecule has 19 heavy (non-hydrogen) atoms. The van der Waals surface area contributed by atoms with Crippen LogP contribution in [0.3, 0.4) is 0 Å². The van der Waals surface area contributed by atoms with Crippen molar-refractivity contribution in [2.75, 3.05) is 6.61 Å². The molecule has 3 rings (SSSR count). The molecule has 2 aromatic rings. The summed E-state index contributed by atoms with van der Waals surface area (Å²) in [6.45, 7) is 0.552. The van der Waals surface area contributed by atoms with E-state index in [0.29, 0.717) is 12.4 Å². The minimum Gasteiger partial charge on any atom is -0.454 e. The number of ether oxygens (including phenoxy) is 1. The Labute approximate surface area is 110 Å². The molecule has 2 aromatic carbocycles. The SMILES string of the molecule is Fc1ccc(C2CCOO2)cc1Oc1ccccc1. The molecule has 0 N–H and O–H groups in total. The first-order chi connectivity index (χ1) is 9.33. The Balaban J connectivity index is 1.85. The van der Waals surface area contributed by atoms with Crippen LogP contribution in [0.1, 0.15) is 18.1 Å². The zero-order valence-electron chi connectivity index (χ0n) is 10.2. The molecule has 0 radical (unpaired) electrons. The Morgan fingerprint density at radius 1 is 1.11 bits per heavy atom. The molecule has 0 amide bonds. The van der Waals surface area contributed by atoms with E-state index in [-0.39, 0.29) is 11.9 Å². The van der Waals surface area contributed by atoms with E-state index in [0.717, 1.165) is 12.0 Å². The van der Waals surface area contributed by atoms with Crippen LogP contribution in [-0.4, -0.2) is 6.61 Å². The zero-order chi connectivity index (χ0) is 13.1. The lowest BCUT2D eigenvalue weighted by atomic mass is 10.1. The van der Waals surface area contributed by atoms with Crippen molar-refractivity contribution in [2.24, 2.45) is 0 Å². The molecule has 3 nitrogen and oxygen atoms in total. The molecular weight excluding hydrogens is 247 g/mol. The van der Waals surface area contributed by atoms with Gasteiger partial charge in [0.1, 0.15) is 11.9 Å². The van der Waals surface area contributed by atoms with E-state index in [1.165, 1.54) is 6.07 Å². The Bertz CT molecular complexity index is 551. The number of halogens is 1. The summed E-state index contributed by atoms with van der Waals surface area (Å²) in [6, 6.07) is 13.8. The fraction of sp³-hybridized carbons (Fsp3) is 0.200. The van der Waals surface area contributed by atoms with Gasteiger partial charge < -0.3 is 4.74 Å². The van der Waals surface area contributed by atoms with Gasteiger partial charge in [-0.3, -0.25) is 0 Å². The Kier molecular flexibility index (Phi) is 3.44. The van der Waals surface area contributed by atoms with Crippen molar-refractivity contribution in [2.45, 2.75) is 12.5 Å². The quantitative estimate of drug-likeness (QED) is 0.780. The fourth-order valence-corrected chi connectivity index (χ4v) is 1.97. The van der Waals surface area contributed by atoms with Crippen LogP contribution in [0.4, 0.5) is 4.39 Å². The molecule has 1 heterocycles. The van der Waals surface area contributed by atoms with Crippen LogP contribution >= 0.6 is 0 Å². The molecule has 1 atom stereocenters. The van der Waals surface area contributed by atoms with E-state index < -0.39 is 5.82 Å². The third-order valence-corrected chi connectivity index (χ3v) is 2.95. The third-order valence-electron chi connectivity index (χ3n) is 2.95. The predicted molar refractivity (Wildman–Crippen MR) is 67.3 cm³/mol. The summed E-state index contributed by atoms with van der Waals surface area (Å²) >= 11 is 0.